The van der Waals surface area contributed by atoms with Gasteiger partial charge in [-0.05, 0) is 27.2 Å². The van der Waals surface area contributed by atoms with E-state index in [0.717, 1.165) is 6.42 Å². The molecule has 0 fully saturated rings. The minimum atomic E-state index is -1.23. The number of ether oxygens (including phenoxy) is 1. The molecule has 0 bridgehead atoms. The lowest BCUT2D eigenvalue weighted by Crippen LogP contribution is -2.54. The lowest BCUT2D eigenvalue weighted by Gasteiger charge is -2.35. The first-order valence-electron chi connectivity index (χ1n) is 5.47. The van der Waals surface area contributed by atoms with Crippen molar-refractivity contribution in [3.05, 3.63) is 0 Å². The Bertz CT molecular complexity index is 264. The van der Waals surface area contributed by atoms with Crippen molar-refractivity contribution in [2.45, 2.75) is 45.7 Å². The summed E-state index contributed by atoms with van der Waals surface area (Å²) >= 11 is 0. The molecule has 5 nitrogen and oxygen atoms in total. The van der Waals surface area contributed by atoms with Crippen LogP contribution in [0.1, 0.15) is 34.1 Å². The van der Waals surface area contributed by atoms with Gasteiger partial charge in [0, 0.05) is 12.6 Å². The summed E-state index contributed by atoms with van der Waals surface area (Å²) < 4.78 is 4.71. The minimum absolute atomic E-state index is 0.223. The van der Waals surface area contributed by atoms with E-state index in [1.165, 1.54) is 4.90 Å². The van der Waals surface area contributed by atoms with Crippen LogP contribution >= 0.6 is 0 Å². The number of likely N-dealkylation sites (N-methyl/N-ethyl adjacent to an activating group) is 1. The normalized spacial score (nSPS) is 13.1. The zero-order valence-corrected chi connectivity index (χ0v) is 10.7. The molecule has 5 heteroatoms. The molecule has 94 valence electrons. The minimum Gasteiger partial charge on any atom is -0.464 e. The summed E-state index contributed by atoms with van der Waals surface area (Å²) in [6.07, 6.45) is 0.783. The van der Waals surface area contributed by atoms with Gasteiger partial charge >= 0.3 is 5.97 Å². The van der Waals surface area contributed by atoms with Crippen LogP contribution in [0.25, 0.3) is 0 Å². The van der Waals surface area contributed by atoms with Crippen molar-refractivity contribution in [1.29, 1.82) is 0 Å². The second-order valence-corrected chi connectivity index (χ2v) is 4.29. The number of nitrogens with two attached hydrogens (primary N) is 1. The van der Waals surface area contributed by atoms with Crippen molar-refractivity contribution in [1.82, 2.24) is 4.90 Å². The molecule has 1 atom stereocenters. The Kier molecular flexibility index (Phi) is 5.44. The predicted octanol–water partition coefficient (Wildman–Crippen LogP) is 0.524. The zero-order chi connectivity index (χ0) is 12.9. The SMILES string of the molecule is CCOC(=O)C(N)C(=O)N(C)C(C)(C)CC. The van der Waals surface area contributed by atoms with Gasteiger partial charge in [-0.2, -0.15) is 0 Å². The topological polar surface area (TPSA) is 72.6 Å². The Labute approximate surface area is 96.9 Å². The van der Waals surface area contributed by atoms with Crippen molar-refractivity contribution in [3.63, 3.8) is 0 Å². The molecule has 0 aliphatic carbocycles. The summed E-state index contributed by atoms with van der Waals surface area (Å²) in [6.45, 7) is 7.71. The highest BCUT2D eigenvalue weighted by atomic mass is 16.5. The van der Waals surface area contributed by atoms with Crippen LogP contribution in [0.2, 0.25) is 0 Å². The number of nitrogens with zero attached hydrogens (tertiary/aromatic N) is 1. The van der Waals surface area contributed by atoms with Crippen LogP contribution in [-0.2, 0) is 14.3 Å². The predicted molar refractivity (Wildman–Crippen MR) is 61.7 cm³/mol. The van der Waals surface area contributed by atoms with Gasteiger partial charge in [-0.3, -0.25) is 4.79 Å². The van der Waals surface area contributed by atoms with Crippen molar-refractivity contribution in [2.75, 3.05) is 13.7 Å². The van der Waals surface area contributed by atoms with Gasteiger partial charge in [0.05, 0.1) is 6.61 Å². The molecule has 1 amide bonds. The first-order chi connectivity index (χ1) is 7.27. The van der Waals surface area contributed by atoms with Gasteiger partial charge in [0.15, 0.2) is 6.04 Å². The first kappa shape index (κ1) is 14.9. The summed E-state index contributed by atoms with van der Waals surface area (Å²) in [5.74, 6) is -1.09. The highest BCUT2D eigenvalue weighted by Gasteiger charge is 2.33. The quantitative estimate of drug-likeness (QED) is 0.552. The molecule has 0 aliphatic heterocycles. The fourth-order valence-corrected chi connectivity index (χ4v) is 1.08. The van der Waals surface area contributed by atoms with Crippen LogP contribution in [0.3, 0.4) is 0 Å². The van der Waals surface area contributed by atoms with E-state index in [2.05, 4.69) is 0 Å². The third-order valence-corrected chi connectivity index (χ3v) is 2.91. The van der Waals surface area contributed by atoms with Crippen molar-refractivity contribution in [2.24, 2.45) is 5.73 Å². The number of carbonyl (C=O) groups is 2. The molecule has 1 unspecified atom stereocenters. The average Bonchev–Trinajstić information content (AvgIpc) is 2.26. The summed E-state index contributed by atoms with van der Waals surface area (Å²) in [7, 11) is 1.64. The maximum atomic E-state index is 11.9. The molecule has 16 heavy (non-hydrogen) atoms. The van der Waals surface area contributed by atoms with Crippen LogP contribution in [0.15, 0.2) is 0 Å². The number of esters is 1. The third-order valence-electron chi connectivity index (χ3n) is 2.91. The van der Waals surface area contributed by atoms with E-state index < -0.39 is 17.9 Å². The summed E-state index contributed by atoms with van der Waals surface area (Å²) in [5, 5.41) is 0. The summed E-state index contributed by atoms with van der Waals surface area (Å²) in [5.41, 5.74) is 5.22. The molecule has 0 saturated heterocycles. The van der Waals surface area contributed by atoms with E-state index in [0.29, 0.717) is 0 Å². The molecular formula is C11H22N2O3. The Morgan fingerprint density at radius 3 is 2.25 bits per heavy atom. The Balaban J connectivity index is 4.61. The second kappa shape index (κ2) is 5.84. The van der Waals surface area contributed by atoms with Crippen LogP contribution in [0, 0.1) is 0 Å². The molecule has 0 saturated carbocycles. The van der Waals surface area contributed by atoms with Crippen LogP contribution in [-0.4, -0.2) is 42.0 Å². The standard InChI is InChI=1S/C11H22N2O3/c1-6-11(3,4)13(5)9(14)8(12)10(15)16-7-2/h8H,6-7,12H2,1-5H3. The largest absolute Gasteiger partial charge is 0.464 e. The monoisotopic (exact) mass is 230 g/mol. The van der Waals surface area contributed by atoms with Crippen LogP contribution < -0.4 is 5.73 Å². The Hall–Kier alpha value is -1.10. The first-order valence-corrected chi connectivity index (χ1v) is 5.47. The van der Waals surface area contributed by atoms with Crippen molar-refractivity contribution in [3.8, 4) is 0 Å². The number of carbonyl (C=O) groups excluding carboxylic acids is 2. The second-order valence-electron chi connectivity index (χ2n) is 4.29. The molecule has 2 N–H and O–H groups in total. The fraction of sp³-hybridized carbons (Fsp3) is 0.818. The van der Waals surface area contributed by atoms with Crippen LogP contribution in [0.5, 0.6) is 0 Å². The summed E-state index contributed by atoms with van der Waals surface area (Å²) in [6, 6.07) is -1.23. The van der Waals surface area contributed by atoms with Gasteiger partial charge in [0.1, 0.15) is 0 Å². The summed E-state index contributed by atoms with van der Waals surface area (Å²) in [4.78, 5) is 24.7. The smallest absolute Gasteiger partial charge is 0.332 e. The lowest BCUT2D eigenvalue weighted by molar-refractivity contribution is -0.152. The van der Waals surface area contributed by atoms with E-state index >= 15 is 0 Å². The molecule has 0 aromatic carbocycles. The van der Waals surface area contributed by atoms with Gasteiger partial charge in [-0.15, -0.1) is 0 Å². The van der Waals surface area contributed by atoms with E-state index in [1.54, 1.807) is 14.0 Å². The van der Waals surface area contributed by atoms with E-state index in [-0.39, 0.29) is 12.1 Å². The third kappa shape index (κ3) is 3.48. The van der Waals surface area contributed by atoms with Gasteiger partial charge < -0.3 is 15.4 Å². The maximum Gasteiger partial charge on any atom is 0.332 e. The van der Waals surface area contributed by atoms with E-state index in [1.807, 2.05) is 20.8 Å². The van der Waals surface area contributed by atoms with Crippen molar-refractivity contribution < 1.29 is 14.3 Å². The van der Waals surface area contributed by atoms with Gasteiger partial charge in [0.2, 0.25) is 0 Å². The maximum absolute atomic E-state index is 11.9. The van der Waals surface area contributed by atoms with Crippen molar-refractivity contribution >= 4 is 11.9 Å². The number of amides is 1. The van der Waals surface area contributed by atoms with Gasteiger partial charge in [0.25, 0.3) is 5.91 Å². The molecule has 0 aromatic heterocycles. The molecule has 0 aromatic rings. The number of rotatable bonds is 5. The van der Waals surface area contributed by atoms with Gasteiger partial charge in [-0.1, -0.05) is 6.92 Å². The molecule has 0 heterocycles. The Morgan fingerprint density at radius 1 is 1.38 bits per heavy atom. The zero-order valence-electron chi connectivity index (χ0n) is 10.7. The fourth-order valence-electron chi connectivity index (χ4n) is 1.08. The molecule has 0 rings (SSSR count). The average molecular weight is 230 g/mol. The van der Waals surface area contributed by atoms with E-state index in [4.69, 9.17) is 10.5 Å². The van der Waals surface area contributed by atoms with Gasteiger partial charge in [-0.25, -0.2) is 4.79 Å². The highest BCUT2D eigenvalue weighted by Crippen LogP contribution is 2.17. The lowest BCUT2D eigenvalue weighted by atomic mass is 9.99. The number of hydrogen-bond donors (Lipinski definition) is 1. The molecule has 0 radical (unpaired) electrons. The number of hydrogen-bond acceptors (Lipinski definition) is 4. The molecule has 0 aliphatic rings. The van der Waals surface area contributed by atoms with E-state index in [9.17, 15) is 9.59 Å². The molecule has 0 spiro atoms. The van der Waals surface area contributed by atoms with Crippen LogP contribution in [0.4, 0.5) is 0 Å². The molecular weight excluding hydrogens is 208 g/mol. The Morgan fingerprint density at radius 2 is 1.88 bits per heavy atom. The highest BCUT2D eigenvalue weighted by molar-refractivity contribution is 6.01.